The van der Waals surface area contributed by atoms with Crippen LogP contribution in [0.3, 0.4) is 0 Å². The zero-order chi connectivity index (χ0) is 14.8. The minimum Gasteiger partial charge on any atom is -0.481 e. The number of carboxylic acid groups (broad SMARTS) is 1. The molecule has 1 aromatic heterocycles. The second-order valence-corrected chi connectivity index (χ2v) is 6.53. The highest BCUT2D eigenvalue weighted by atomic mass is 16.5. The Morgan fingerprint density at radius 1 is 1.35 bits per heavy atom. The van der Waals surface area contributed by atoms with E-state index < -0.39 is 5.97 Å². The number of nitrogens with one attached hydrogen (secondary N) is 1. The van der Waals surface area contributed by atoms with Gasteiger partial charge in [-0.25, -0.2) is 0 Å². The van der Waals surface area contributed by atoms with Gasteiger partial charge in [0, 0.05) is 11.5 Å². The molecule has 2 N–H and O–H groups in total. The molecule has 0 atom stereocenters. The largest absolute Gasteiger partial charge is 0.481 e. The van der Waals surface area contributed by atoms with E-state index in [1.807, 2.05) is 20.8 Å². The van der Waals surface area contributed by atoms with Crippen molar-refractivity contribution in [2.45, 2.75) is 64.5 Å². The fourth-order valence-electron chi connectivity index (χ4n) is 2.41. The summed E-state index contributed by atoms with van der Waals surface area (Å²) in [5.74, 6) is 0.460. The van der Waals surface area contributed by atoms with Gasteiger partial charge < -0.3 is 14.9 Å². The number of aliphatic carboxylic acids is 1. The molecule has 1 aliphatic rings. The molecule has 0 saturated heterocycles. The van der Waals surface area contributed by atoms with Gasteiger partial charge in [0.05, 0.1) is 12.5 Å². The van der Waals surface area contributed by atoms with Crippen LogP contribution in [0.2, 0.25) is 0 Å². The van der Waals surface area contributed by atoms with Gasteiger partial charge in [-0.15, -0.1) is 0 Å². The maximum absolute atomic E-state index is 10.9. The number of carboxylic acids is 1. The van der Waals surface area contributed by atoms with Gasteiger partial charge in [-0.1, -0.05) is 25.9 Å². The SMILES string of the molecule is CC(C)(C)c1nc(CNC2CCC(C(=O)O)CC2)no1. The van der Waals surface area contributed by atoms with Crippen molar-refractivity contribution in [3.8, 4) is 0 Å². The van der Waals surface area contributed by atoms with Crippen molar-refractivity contribution in [1.29, 1.82) is 0 Å². The first-order chi connectivity index (χ1) is 9.36. The van der Waals surface area contributed by atoms with E-state index in [9.17, 15) is 4.79 Å². The lowest BCUT2D eigenvalue weighted by molar-refractivity contribution is -0.142. The molecule has 1 heterocycles. The first-order valence-electron chi connectivity index (χ1n) is 7.15. The van der Waals surface area contributed by atoms with E-state index >= 15 is 0 Å². The topological polar surface area (TPSA) is 88.2 Å². The molecule has 1 saturated carbocycles. The molecule has 0 aromatic carbocycles. The summed E-state index contributed by atoms with van der Waals surface area (Å²) in [7, 11) is 0. The number of hydrogen-bond donors (Lipinski definition) is 2. The number of rotatable bonds is 4. The monoisotopic (exact) mass is 281 g/mol. The third-order valence-electron chi connectivity index (χ3n) is 3.73. The lowest BCUT2D eigenvalue weighted by atomic mass is 9.86. The van der Waals surface area contributed by atoms with Gasteiger partial charge in [0.25, 0.3) is 0 Å². The summed E-state index contributed by atoms with van der Waals surface area (Å²) in [4.78, 5) is 15.3. The predicted molar refractivity (Wildman–Crippen MR) is 73.2 cm³/mol. The third kappa shape index (κ3) is 3.79. The Hall–Kier alpha value is -1.43. The first kappa shape index (κ1) is 15.0. The number of hydrogen-bond acceptors (Lipinski definition) is 5. The molecule has 2 rings (SSSR count). The number of aromatic nitrogens is 2. The van der Waals surface area contributed by atoms with E-state index in [0.717, 1.165) is 25.7 Å². The molecular formula is C14H23N3O3. The second-order valence-electron chi connectivity index (χ2n) is 6.53. The standard InChI is InChI=1S/C14H23N3O3/c1-14(2,3)13-16-11(17-20-13)8-15-10-6-4-9(5-7-10)12(18)19/h9-10,15H,4-8H2,1-3H3,(H,18,19). The Labute approximate surface area is 118 Å². The molecule has 112 valence electrons. The van der Waals surface area contributed by atoms with Crippen LogP contribution in [-0.4, -0.2) is 27.3 Å². The average molecular weight is 281 g/mol. The average Bonchev–Trinajstić information content (AvgIpc) is 2.85. The molecule has 20 heavy (non-hydrogen) atoms. The highest BCUT2D eigenvalue weighted by Gasteiger charge is 2.26. The zero-order valence-electron chi connectivity index (χ0n) is 12.3. The maximum Gasteiger partial charge on any atom is 0.306 e. The van der Waals surface area contributed by atoms with Gasteiger partial charge in [-0.05, 0) is 25.7 Å². The van der Waals surface area contributed by atoms with E-state index in [2.05, 4.69) is 15.5 Å². The summed E-state index contributed by atoms with van der Waals surface area (Å²) in [5.41, 5.74) is -0.134. The second kappa shape index (κ2) is 5.91. The summed E-state index contributed by atoms with van der Waals surface area (Å²) < 4.78 is 5.24. The van der Waals surface area contributed by atoms with E-state index in [1.54, 1.807) is 0 Å². The van der Waals surface area contributed by atoms with Crippen LogP contribution in [0.5, 0.6) is 0 Å². The molecule has 1 aromatic rings. The summed E-state index contributed by atoms with van der Waals surface area (Å²) >= 11 is 0. The summed E-state index contributed by atoms with van der Waals surface area (Å²) in [6.07, 6.45) is 3.26. The van der Waals surface area contributed by atoms with E-state index in [0.29, 0.717) is 24.3 Å². The van der Waals surface area contributed by atoms with Crippen LogP contribution in [0.4, 0.5) is 0 Å². The summed E-state index contributed by atoms with van der Waals surface area (Å²) in [6, 6.07) is 0.349. The van der Waals surface area contributed by atoms with Crippen molar-refractivity contribution >= 4 is 5.97 Å². The first-order valence-corrected chi connectivity index (χ1v) is 7.15. The fraction of sp³-hybridized carbons (Fsp3) is 0.786. The van der Waals surface area contributed by atoms with Crippen LogP contribution in [0.15, 0.2) is 4.52 Å². The Kier molecular flexibility index (Phi) is 4.42. The highest BCUT2D eigenvalue weighted by Crippen LogP contribution is 2.24. The molecule has 0 aliphatic heterocycles. The van der Waals surface area contributed by atoms with E-state index in [4.69, 9.17) is 9.63 Å². The van der Waals surface area contributed by atoms with E-state index in [-0.39, 0.29) is 11.3 Å². The molecule has 0 bridgehead atoms. The molecule has 0 amide bonds. The lowest BCUT2D eigenvalue weighted by Crippen LogP contribution is -2.34. The van der Waals surface area contributed by atoms with Crippen LogP contribution < -0.4 is 5.32 Å². The zero-order valence-corrected chi connectivity index (χ0v) is 12.3. The van der Waals surface area contributed by atoms with Crippen molar-refractivity contribution in [3.05, 3.63) is 11.7 Å². The van der Waals surface area contributed by atoms with Gasteiger partial charge in [-0.2, -0.15) is 4.98 Å². The normalized spacial score (nSPS) is 23.8. The fourth-order valence-corrected chi connectivity index (χ4v) is 2.41. The molecule has 6 nitrogen and oxygen atoms in total. The van der Waals surface area contributed by atoms with Gasteiger partial charge in [-0.3, -0.25) is 4.79 Å². The summed E-state index contributed by atoms with van der Waals surface area (Å²) in [5, 5.41) is 16.3. The predicted octanol–water partition coefficient (Wildman–Crippen LogP) is 2.10. The van der Waals surface area contributed by atoms with Gasteiger partial charge in [0.15, 0.2) is 5.82 Å². The van der Waals surface area contributed by atoms with Crippen LogP contribution in [0.1, 0.15) is 58.2 Å². The van der Waals surface area contributed by atoms with Crippen LogP contribution in [0.25, 0.3) is 0 Å². The Morgan fingerprint density at radius 3 is 2.50 bits per heavy atom. The number of nitrogens with zero attached hydrogens (tertiary/aromatic N) is 2. The maximum atomic E-state index is 10.9. The Bertz CT molecular complexity index is 456. The molecule has 1 aliphatic carbocycles. The molecule has 1 fully saturated rings. The van der Waals surface area contributed by atoms with Crippen molar-refractivity contribution in [3.63, 3.8) is 0 Å². The number of carbonyl (C=O) groups is 1. The lowest BCUT2D eigenvalue weighted by Gasteiger charge is -2.26. The van der Waals surface area contributed by atoms with Crippen LogP contribution in [-0.2, 0) is 16.8 Å². The summed E-state index contributed by atoms with van der Waals surface area (Å²) in [6.45, 7) is 6.67. The van der Waals surface area contributed by atoms with Gasteiger partial charge in [0.2, 0.25) is 5.89 Å². The Morgan fingerprint density at radius 2 is 2.00 bits per heavy atom. The van der Waals surface area contributed by atoms with Crippen molar-refractivity contribution in [1.82, 2.24) is 15.5 Å². The van der Waals surface area contributed by atoms with Crippen molar-refractivity contribution < 1.29 is 14.4 Å². The van der Waals surface area contributed by atoms with Crippen LogP contribution in [0, 0.1) is 5.92 Å². The van der Waals surface area contributed by atoms with Crippen molar-refractivity contribution in [2.75, 3.05) is 0 Å². The van der Waals surface area contributed by atoms with E-state index in [1.165, 1.54) is 0 Å². The van der Waals surface area contributed by atoms with Crippen LogP contribution >= 0.6 is 0 Å². The minimum absolute atomic E-state index is 0.134. The quantitative estimate of drug-likeness (QED) is 0.878. The third-order valence-corrected chi connectivity index (χ3v) is 3.73. The Balaban J connectivity index is 1.79. The van der Waals surface area contributed by atoms with Gasteiger partial charge in [0.1, 0.15) is 0 Å². The molecule has 0 spiro atoms. The molecule has 0 unspecified atom stereocenters. The highest BCUT2D eigenvalue weighted by molar-refractivity contribution is 5.70. The molecule has 0 radical (unpaired) electrons. The molecular weight excluding hydrogens is 258 g/mol. The van der Waals surface area contributed by atoms with Gasteiger partial charge >= 0.3 is 5.97 Å². The minimum atomic E-state index is -0.670. The smallest absolute Gasteiger partial charge is 0.306 e. The van der Waals surface area contributed by atoms with Crippen molar-refractivity contribution in [2.24, 2.45) is 5.92 Å². The molecule has 6 heteroatoms.